The molecule has 2 heteroatoms. The zero-order valence-electron chi connectivity index (χ0n) is 15.6. The van der Waals surface area contributed by atoms with Crippen molar-refractivity contribution in [1.29, 1.82) is 0 Å². The van der Waals surface area contributed by atoms with E-state index in [1.54, 1.807) is 0 Å². The van der Waals surface area contributed by atoms with E-state index in [2.05, 4.69) is 76.0 Å². The third-order valence-electron chi connectivity index (χ3n) is 5.83. The van der Waals surface area contributed by atoms with E-state index in [0.29, 0.717) is 10.8 Å². The predicted octanol–water partition coefficient (Wildman–Crippen LogP) is 6.39. The van der Waals surface area contributed by atoms with Crippen molar-refractivity contribution in [3.63, 3.8) is 0 Å². The fraction of sp³-hybridized carbons (Fsp3) is 0.455. The van der Waals surface area contributed by atoms with Crippen LogP contribution in [0.1, 0.15) is 61.1 Å². The van der Waals surface area contributed by atoms with Gasteiger partial charge in [-0.3, -0.25) is 0 Å². The number of hydrogen-bond donors (Lipinski definition) is 0. The van der Waals surface area contributed by atoms with Gasteiger partial charge in [-0.1, -0.05) is 39.8 Å². The van der Waals surface area contributed by atoms with Crippen molar-refractivity contribution in [2.24, 2.45) is 10.2 Å². The lowest BCUT2D eigenvalue weighted by molar-refractivity contribution is 0.454. The van der Waals surface area contributed by atoms with Crippen molar-refractivity contribution in [1.82, 2.24) is 0 Å². The second-order valence-corrected chi connectivity index (χ2v) is 8.91. The Balaban J connectivity index is 1.65. The zero-order chi connectivity index (χ0) is 17.3. The van der Waals surface area contributed by atoms with Crippen LogP contribution in [0.25, 0.3) is 0 Å². The van der Waals surface area contributed by atoms with Gasteiger partial charge in [-0.25, -0.2) is 0 Å². The van der Waals surface area contributed by atoms with Crippen LogP contribution in [0.2, 0.25) is 0 Å². The van der Waals surface area contributed by atoms with Crippen LogP contribution in [0.5, 0.6) is 0 Å². The van der Waals surface area contributed by atoms with Crippen molar-refractivity contribution in [2.45, 2.75) is 65.2 Å². The molecule has 2 aromatic carbocycles. The minimum absolute atomic E-state index is 0.320. The molecule has 0 fully saturated rings. The summed E-state index contributed by atoms with van der Waals surface area (Å²) >= 11 is 0. The van der Waals surface area contributed by atoms with Crippen LogP contribution >= 0.6 is 0 Å². The van der Waals surface area contributed by atoms with Crippen molar-refractivity contribution in [3.8, 4) is 0 Å². The molecule has 0 aromatic heterocycles. The molecule has 0 amide bonds. The molecule has 24 heavy (non-hydrogen) atoms. The molecular weight excluding hydrogens is 292 g/mol. The third kappa shape index (κ3) is 2.23. The van der Waals surface area contributed by atoms with Crippen LogP contribution in [0.4, 0.5) is 11.4 Å². The van der Waals surface area contributed by atoms with E-state index in [4.69, 9.17) is 0 Å². The van der Waals surface area contributed by atoms with E-state index in [-0.39, 0.29) is 0 Å². The lowest BCUT2D eigenvalue weighted by Crippen LogP contribution is -2.32. The number of fused-ring (bicyclic) bond motifs is 2. The molecule has 0 N–H and O–H groups in total. The Morgan fingerprint density at radius 3 is 1.38 bits per heavy atom. The maximum Gasteiger partial charge on any atom is 0.0889 e. The lowest BCUT2D eigenvalue weighted by atomic mass is 9.66. The van der Waals surface area contributed by atoms with Gasteiger partial charge in [0.1, 0.15) is 0 Å². The highest BCUT2D eigenvalue weighted by Crippen LogP contribution is 2.45. The number of rotatable bonds is 2. The Kier molecular flexibility index (Phi) is 3.10. The first-order chi connectivity index (χ1) is 11.2. The van der Waals surface area contributed by atoms with E-state index in [1.165, 1.54) is 33.4 Å². The van der Waals surface area contributed by atoms with Crippen LogP contribution in [-0.4, -0.2) is 0 Å². The van der Waals surface area contributed by atoms with E-state index in [1.807, 2.05) is 0 Å². The lowest BCUT2D eigenvalue weighted by Gasteiger charge is -2.38. The first kappa shape index (κ1) is 15.6. The maximum absolute atomic E-state index is 4.58. The summed E-state index contributed by atoms with van der Waals surface area (Å²) in [6.45, 7) is 13.5. The van der Waals surface area contributed by atoms with Crippen LogP contribution in [0.3, 0.4) is 0 Å². The molecule has 0 aliphatic heterocycles. The standard InChI is InChI=1S/C22H26N2/c1-13-7-17-15(11-21(17,3)4)9-19(13)23-24-20-10-16-12-22(5,6)18(16)8-14(20)2/h7-10H,11-12H2,1-6H3. The number of azo groups is 1. The van der Waals surface area contributed by atoms with E-state index in [9.17, 15) is 0 Å². The van der Waals surface area contributed by atoms with Crippen LogP contribution in [-0.2, 0) is 23.7 Å². The summed E-state index contributed by atoms with van der Waals surface area (Å²) in [6, 6.07) is 9.03. The summed E-state index contributed by atoms with van der Waals surface area (Å²) in [6.07, 6.45) is 2.27. The van der Waals surface area contributed by atoms with Gasteiger partial charge in [0.25, 0.3) is 0 Å². The van der Waals surface area contributed by atoms with Crippen LogP contribution < -0.4 is 0 Å². The largest absolute Gasteiger partial charge is 0.150 e. The highest BCUT2D eigenvalue weighted by atomic mass is 15.1. The monoisotopic (exact) mass is 318 g/mol. The SMILES string of the molecule is Cc1cc2c(cc1N=Nc1cc3c(cc1C)C(C)(C)C3)CC2(C)C. The average molecular weight is 318 g/mol. The Hall–Kier alpha value is -1.96. The molecule has 0 radical (unpaired) electrons. The van der Waals surface area contributed by atoms with Gasteiger partial charge < -0.3 is 0 Å². The molecule has 2 aliphatic rings. The normalized spacial score (nSPS) is 19.4. The predicted molar refractivity (Wildman–Crippen MR) is 100.0 cm³/mol. The summed E-state index contributed by atoms with van der Waals surface area (Å²) in [5, 5.41) is 9.15. The molecule has 124 valence electrons. The first-order valence-corrected chi connectivity index (χ1v) is 8.87. The summed E-state index contributed by atoms with van der Waals surface area (Å²) in [7, 11) is 0. The van der Waals surface area contributed by atoms with Crippen molar-refractivity contribution in [3.05, 3.63) is 57.6 Å². The maximum atomic E-state index is 4.58. The first-order valence-electron chi connectivity index (χ1n) is 8.87. The third-order valence-corrected chi connectivity index (χ3v) is 5.83. The molecule has 2 nitrogen and oxygen atoms in total. The Morgan fingerprint density at radius 2 is 1.04 bits per heavy atom. The topological polar surface area (TPSA) is 24.7 Å². The fourth-order valence-corrected chi connectivity index (χ4v) is 4.28. The summed E-state index contributed by atoms with van der Waals surface area (Å²) in [4.78, 5) is 0. The molecule has 2 aromatic rings. The molecule has 0 atom stereocenters. The second-order valence-electron chi connectivity index (χ2n) is 8.91. The number of nitrogens with zero attached hydrogens (tertiary/aromatic N) is 2. The molecule has 0 saturated heterocycles. The average Bonchev–Trinajstić information content (AvgIpc) is 2.49. The minimum Gasteiger partial charge on any atom is -0.150 e. The van der Waals surface area contributed by atoms with Gasteiger partial charge in [0.05, 0.1) is 11.4 Å². The van der Waals surface area contributed by atoms with Crippen molar-refractivity contribution < 1.29 is 0 Å². The number of aryl methyl sites for hydroxylation is 2. The summed E-state index contributed by atoms with van der Waals surface area (Å²) < 4.78 is 0. The van der Waals surface area contributed by atoms with Gasteiger partial charge in [0.2, 0.25) is 0 Å². The molecule has 0 saturated carbocycles. The summed E-state index contributed by atoms with van der Waals surface area (Å²) in [5.74, 6) is 0. The van der Waals surface area contributed by atoms with Gasteiger partial charge in [-0.05, 0) is 83.0 Å². The molecule has 0 spiro atoms. The molecule has 0 heterocycles. The van der Waals surface area contributed by atoms with E-state index < -0.39 is 0 Å². The number of hydrogen-bond acceptors (Lipinski definition) is 2. The second kappa shape index (κ2) is 4.78. The zero-order valence-corrected chi connectivity index (χ0v) is 15.6. The minimum atomic E-state index is 0.320. The van der Waals surface area contributed by atoms with E-state index >= 15 is 0 Å². The van der Waals surface area contributed by atoms with Crippen LogP contribution in [0, 0.1) is 13.8 Å². The summed E-state index contributed by atoms with van der Waals surface area (Å²) in [5.41, 5.74) is 10.9. The number of benzene rings is 2. The molecule has 4 rings (SSSR count). The Labute approximate surface area is 145 Å². The Morgan fingerprint density at radius 1 is 0.667 bits per heavy atom. The van der Waals surface area contributed by atoms with Crippen molar-refractivity contribution >= 4 is 11.4 Å². The van der Waals surface area contributed by atoms with Crippen molar-refractivity contribution in [2.75, 3.05) is 0 Å². The highest BCUT2D eigenvalue weighted by Gasteiger charge is 2.35. The van der Waals surface area contributed by atoms with Gasteiger partial charge in [-0.2, -0.15) is 10.2 Å². The van der Waals surface area contributed by atoms with Gasteiger partial charge in [0.15, 0.2) is 0 Å². The molecule has 0 bridgehead atoms. The van der Waals surface area contributed by atoms with Gasteiger partial charge >= 0.3 is 0 Å². The quantitative estimate of drug-likeness (QED) is 0.573. The van der Waals surface area contributed by atoms with Gasteiger partial charge in [0, 0.05) is 0 Å². The molecular formula is C22H26N2. The van der Waals surface area contributed by atoms with E-state index in [0.717, 1.165) is 24.2 Å². The Bertz CT molecular complexity index is 812. The molecule has 0 unspecified atom stereocenters. The van der Waals surface area contributed by atoms with Crippen LogP contribution in [0.15, 0.2) is 34.5 Å². The highest BCUT2D eigenvalue weighted by molar-refractivity contribution is 5.59. The van der Waals surface area contributed by atoms with Gasteiger partial charge in [-0.15, -0.1) is 0 Å². The molecule has 2 aliphatic carbocycles. The fourth-order valence-electron chi connectivity index (χ4n) is 4.28. The smallest absolute Gasteiger partial charge is 0.0889 e.